The average molecular weight is 489 g/mol. The number of rotatable bonds is 7. The first-order valence-electron chi connectivity index (χ1n) is 10.9. The van der Waals surface area contributed by atoms with Gasteiger partial charge in [0, 0.05) is 60.7 Å². The molecule has 1 aliphatic rings. The van der Waals surface area contributed by atoms with Crippen molar-refractivity contribution in [1.29, 1.82) is 0 Å². The predicted octanol–water partition coefficient (Wildman–Crippen LogP) is 2.60. The highest BCUT2D eigenvalue weighted by molar-refractivity contribution is 7.15. The predicted molar refractivity (Wildman–Crippen MR) is 128 cm³/mol. The number of hydrogen-bond acceptors (Lipinski definition) is 6. The van der Waals surface area contributed by atoms with Gasteiger partial charge in [-0.15, -0.1) is 11.3 Å². The first kappa shape index (κ1) is 23.8. The van der Waals surface area contributed by atoms with Crippen LogP contribution in [0.25, 0.3) is 10.4 Å². The summed E-state index contributed by atoms with van der Waals surface area (Å²) in [6.07, 6.45) is -0.525. The van der Waals surface area contributed by atoms with E-state index in [0.717, 1.165) is 51.9 Å². The fourth-order valence-electron chi connectivity index (χ4n) is 3.87. The maximum atomic E-state index is 12.8. The van der Waals surface area contributed by atoms with Crippen LogP contribution in [0.2, 0.25) is 0 Å². The van der Waals surface area contributed by atoms with Crippen LogP contribution in [0.5, 0.6) is 0 Å². The van der Waals surface area contributed by atoms with E-state index in [2.05, 4.69) is 34.3 Å². The highest BCUT2D eigenvalue weighted by Crippen LogP contribution is 2.30. The first-order chi connectivity index (χ1) is 16.4. The van der Waals surface area contributed by atoms with Crippen LogP contribution in [0, 0.1) is 0 Å². The van der Waals surface area contributed by atoms with Gasteiger partial charge in [-0.3, -0.25) is 9.36 Å². The molecule has 4 rings (SSSR count). The normalized spacial score (nSPS) is 13.9. The van der Waals surface area contributed by atoms with Gasteiger partial charge in [0.2, 0.25) is 5.91 Å². The molecule has 0 aliphatic carbocycles. The smallest absolute Gasteiger partial charge is 0.346 e. The van der Waals surface area contributed by atoms with Crippen molar-refractivity contribution in [3.05, 3.63) is 69.7 Å². The van der Waals surface area contributed by atoms with Gasteiger partial charge in [0.1, 0.15) is 6.33 Å². The summed E-state index contributed by atoms with van der Waals surface area (Å²) in [6.45, 7) is 4.34. The Morgan fingerprint density at radius 2 is 1.79 bits per heavy atom. The minimum atomic E-state index is -1.88. The summed E-state index contributed by atoms with van der Waals surface area (Å²) >= 11 is 1.56. The topological polar surface area (TPSA) is 89.4 Å². The summed E-state index contributed by atoms with van der Waals surface area (Å²) in [5.74, 6) is 0.115. The minimum Gasteiger partial charge on any atom is -0.368 e. The van der Waals surface area contributed by atoms with E-state index in [1.165, 1.54) is 10.9 Å². The molecule has 0 radical (unpaired) electrons. The van der Waals surface area contributed by atoms with Gasteiger partial charge in [-0.1, -0.05) is 12.1 Å². The Morgan fingerprint density at radius 1 is 1.09 bits per heavy atom. The maximum Gasteiger partial charge on any atom is 0.346 e. The summed E-state index contributed by atoms with van der Waals surface area (Å²) in [5.41, 5.74) is 6.75. The molecule has 2 aromatic heterocycles. The van der Waals surface area contributed by atoms with E-state index in [9.17, 15) is 18.4 Å². The van der Waals surface area contributed by atoms with Gasteiger partial charge < -0.3 is 15.5 Å². The molecule has 1 saturated heterocycles. The highest BCUT2D eigenvalue weighted by atomic mass is 32.1. The van der Waals surface area contributed by atoms with Crippen molar-refractivity contribution in [2.75, 3.05) is 37.6 Å². The number of thiophene rings is 1. The monoisotopic (exact) mass is 488 g/mol. The second-order valence-corrected chi connectivity index (χ2v) is 9.24. The molecule has 8 nitrogen and oxygen atoms in total. The number of nitrogens with two attached hydrogens (primary N) is 1. The summed E-state index contributed by atoms with van der Waals surface area (Å²) < 4.78 is 28.1. The Balaban J connectivity index is 1.41. The number of benzene rings is 1. The summed E-state index contributed by atoms with van der Waals surface area (Å²) in [7, 11) is 0. The van der Waals surface area contributed by atoms with Gasteiger partial charge in [0.15, 0.2) is 0 Å². The van der Waals surface area contributed by atoms with Crippen LogP contribution in [0.15, 0.2) is 59.2 Å². The van der Waals surface area contributed by atoms with Gasteiger partial charge >= 0.3 is 5.69 Å². The van der Waals surface area contributed by atoms with Crippen molar-refractivity contribution in [2.24, 2.45) is 5.73 Å². The molecular weight excluding hydrogens is 462 g/mol. The van der Waals surface area contributed by atoms with Gasteiger partial charge in [-0.05, 0) is 29.8 Å². The lowest BCUT2D eigenvalue weighted by Crippen LogP contribution is -2.48. The molecule has 34 heavy (non-hydrogen) atoms. The highest BCUT2D eigenvalue weighted by Gasteiger charge is 2.19. The fourth-order valence-corrected chi connectivity index (χ4v) is 4.89. The third-order valence-corrected chi connectivity index (χ3v) is 7.00. The summed E-state index contributed by atoms with van der Waals surface area (Å²) in [6, 6.07) is 12.3. The second-order valence-electron chi connectivity index (χ2n) is 8.07. The van der Waals surface area contributed by atoms with Crippen LogP contribution in [0.1, 0.15) is 11.8 Å². The second kappa shape index (κ2) is 10.3. The molecule has 0 atom stereocenters. The zero-order chi connectivity index (χ0) is 24.2. The lowest BCUT2D eigenvalue weighted by molar-refractivity contribution is -0.129. The Labute approximate surface area is 199 Å². The molecular formula is C23H26F2N6O2S. The molecule has 11 heteroatoms. The fraction of sp³-hybridized carbons (Fsp3) is 0.348. The van der Waals surface area contributed by atoms with E-state index in [0.29, 0.717) is 6.54 Å². The Morgan fingerprint density at radius 3 is 2.41 bits per heavy atom. The van der Waals surface area contributed by atoms with Crippen molar-refractivity contribution in [1.82, 2.24) is 19.2 Å². The van der Waals surface area contributed by atoms with Crippen LogP contribution < -0.4 is 16.3 Å². The van der Waals surface area contributed by atoms with Crippen molar-refractivity contribution in [2.45, 2.75) is 20.0 Å². The van der Waals surface area contributed by atoms with Gasteiger partial charge in [-0.25, -0.2) is 9.48 Å². The minimum absolute atomic E-state index is 0.115. The summed E-state index contributed by atoms with van der Waals surface area (Å²) in [4.78, 5) is 30.2. The quantitative estimate of drug-likeness (QED) is 0.552. The van der Waals surface area contributed by atoms with Crippen molar-refractivity contribution >= 4 is 22.9 Å². The number of aromatic nitrogens is 3. The molecule has 0 unspecified atom stereocenters. The number of halogens is 2. The molecule has 1 fully saturated rings. The largest absolute Gasteiger partial charge is 0.368 e. The van der Waals surface area contributed by atoms with Crippen molar-refractivity contribution in [3.63, 3.8) is 0 Å². The van der Waals surface area contributed by atoms with Crippen LogP contribution >= 0.6 is 11.3 Å². The zero-order valence-corrected chi connectivity index (χ0v) is 19.6. The SMILES string of the molecule is CC(=O)N1CCN(c2ccc(-c3ccc(Cn4cnn(CC(CN)=C(F)F)c4=O)s3)cc2)CC1. The average Bonchev–Trinajstić information content (AvgIpc) is 3.44. The first-order valence-corrected chi connectivity index (χ1v) is 11.7. The number of piperazine rings is 1. The number of anilines is 1. The molecule has 0 spiro atoms. The Bertz CT molecular complexity index is 1230. The number of carbonyl (C=O) groups is 1. The lowest BCUT2D eigenvalue weighted by atomic mass is 10.1. The van der Waals surface area contributed by atoms with E-state index in [4.69, 9.17) is 5.73 Å². The number of carbonyl (C=O) groups excluding carboxylic acids is 1. The van der Waals surface area contributed by atoms with Gasteiger partial charge in [0.05, 0.1) is 13.1 Å². The third kappa shape index (κ3) is 5.26. The molecule has 1 aromatic carbocycles. The van der Waals surface area contributed by atoms with E-state index >= 15 is 0 Å². The van der Waals surface area contributed by atoms with E-state index in [1.54, 1.807) is 18.3 Å². The van der Waals surface area contributed by atoms with E-state index in [1.807, 2.05) is 17.0 Å². The standard InChI is InChI=1S/C23H26F2N6O2S/c1-16(32)28-8-10-29(11-9-28)19-4-2-17(3-5-19)21-7-6-20(34-21)14-30-15-27-31(23(30)33)13-18(12-26)22(24)25/h2-7,15H,8-14,26H2,1H3. The van der Waals surface area contributed by atoms with Crippen LogP contribution in [0.3, 0.4) is 0 Å². The molecule has 180 valence electrons. The molecule has 0 saturated carbocycles. The van der Waals surface area contributed by atoms with Gasteiger partial charge in [0.25, 0.3) is 6.08 Å². The lowest BCUT2D eigenvalue weighted by Gasteiger charge is -2.35. The third-order valence-electron chi connectivity index (χ3n) is 5.88. The van der Waals surface area contributed by atoms with Crippen LogP contribution in [0.4, 0.5) is 14.5 Å². The molecule has 3 heterocycles. The van der Waals surface area contributed by atoms with Gasteiger partial charge in [-0.2, -0.15) is 13.9 Å². The Kier molecular flexibility index (Phi) is 7.23. The molecule has 2 N–H and O–H groups in total. The van der Waals surface area contributed by atoms with Crippen molar-refractivity contribution < 1.29 is 13.6 Å². The zero-order valence-electron chi connectivity index (χ0n) is 18.8. The van der Waals surface area contributed by atoms with Crippen LogP contribution in [-0.2, 0) is 17.9 Å². The molecule has 0 bridgehead atoms. The molecule has 1 aliphatic heterocycles. The van der Waals surface area contributed by atoms with Crippen LogP contribution in [-0.4, -0.2) is 57.9 Å². The number of amides is 1. The maximum absolute atomic E-state index is 12.8. The number of hydrogen-bond donors (Lipinski definition) is 1. The van der Waals surface area contributed by atoms with Crippen molar-refractivity contribution in [3.8, 4) is 10.4 Å². The Hall–Kier alpha value is -3.31. The number of nitrogens with zero attached hydrogens (tertiary/aromatic N) is 5. The van der Waals surface area contributed by atoms with E-state index < -0.39 is 11.8 Å². The molecule has 3 aromatic rings. The van der Waals surface area contributed by atoms with E-state index in [-0.39, 0.29) is 24.6 Å². The summed E-state index contributed by atoms with van der Waals surface area (Å²) in [5, 5.41) is 3.94. The molecule has 1 amide bonds.